The Kier molecular flexibility index (Phi) is 5.51. The number of rotatable bonds is 3. The third-order valence-corrected chi connectivity index (χ3v) is 4.71. The van der Waals surface area contributed by atoms with Crippen molar-refractivity contribution in [2.75, 3.05) is 38.0 Å². The van der Waals surface area contributed by atoms with Gasteiger partial charge in [0, 0.05) is 43.9 Å². The second-order valence-electron chi connectivity index (χ2n) is 8.09. The van der Waals surface area contributed by atoms with Gasteiger partial charge in [0.05, 0.1) is 6.54 Å². The summed E-state index contributed by atoms with van der Waals surface area (Å²) < 4.78 is 5.39. The summed E-state index contributed by atoms with van der Waals surface area (Å²) in [6.07, 6.45) is 0.818. The number of hydrogen-bond acceptors (Lipinski definition) is 5. The number of ether oxygens (including phenoxy) is 1. The number of anilines is 1. The Labute approximate surface area is 159 Å². The molecule has 1 N–H and O–H groups in total. The molecular weight excluding hydrogens is 346 g/mol. The lowest BCUT2D eigenvalue weighted by molar-refractivity contribution is -0.116. The van der Waals surface area contributed by atoms with Gasteiger partial charge in [0.1, 0.15) is 5.60 Å². The van der Waals surface area contributed by atoms with Crippen LogP contribution in [-0.4, -0.2) is 65.9 Å². The number of amides is 2. The monoisotopic (exact) mass is 373 g/mol. The summed E-state index contributed by atoms with van der Waals surface area (Å²) >= 11 is 0. The number of Topliss-reactive ketones (excluding diaryl/α,β-unsaturated/α-hetero) is 1. The second kappa shape index (κ2) is 7.68. The predicted octanol–water partition coefficient (Wildman–Crippen LogP) is 2.31. The van der Waals surface area contributed by atoms with E-state index >= 15 is 0 Å². The second-order valence-corrected chi connectivity index (χ2v) is 8.09. The lowest BCUT2D eigenvalue weighted by atomic mass is 9.98. The van der Waals surface area contributed by atoms with E-state index in [1.165, 1.54) is 0 Å². The van der Waals surface area contributed by atoms with Crippen molar-refractivity contribution in [3.8, 4) is 0 Å². The molecule has 0 spiro atoms. The largest absolute Gasteiger partial charge is 0.444 e. The molecule has 2 aliphatic heterocycles. The highest BCUT2D eigenvalue weighted by Gasteiger charge is 2.27. The first kappa shape index (κ1) is 19.4. The fraction of sp³-hybridized carbons (Fsp3) is 0.550. The summed E-state index contributed by atoms with van der Waals surface area (Å²) in [4.78, 5) is 39.9. The lowest BCUT2D eigenvalue weighted by Gasteiger charge is -2.35. The summed E-state index contributed by atoms with van der Waals surface area (Å²) in [5, 5.41) is 2.83. The minimum atomic E-state index is -0.504. The maximum Gasteiger partial charge on any atom is 0.410 e. The van der Waals surface area contributed by atoms with Crippen LogP contribution in [0.3, 0.4) is 0 Å². The molecule has 0 aliphatic carbocycles. The van der Waals surface area contributed by atoms with E-state index in [0.717, 1.165) is 11.3 Å². The van der Waals surface area contributed by atoms with E-state index in [0.29, 0.717) is 51.1 Å². The number of fused-ring (bicyclic) bond motifs is 1. The third-order valence-electron chi connectivity index (χ3n) is 4.71. The fourth-order valence-electron chi connectivity index (χ4n) is 3.27. The number of benzene rings is 1. The molecule has 3 rings (SSSR count). The van der Waals surface area contributed by atoms with Gasteiger partial charge in [-0.25, -0.2) is 4.79 Å². The van der Waals surface area contributed by atoms with Crippen molar-refractivity contribution in [1.29, 1.82) is 0 Å². The molecule has 2 amide bonds. The number of nitrogens with one attached hydrogen (secondary N) is 1. The van der Waals surface area contributed by atoms with Crippen LogP contribution in [0.25, 0.3) is 0 Å². The molecule has 1 aromatic rings. The molecule has 0 atom stereocenters. The maximum absolute atomic E-state index is 12.6. The van der Waals surface area contributed by atoms with Gasteiger partial charge in [0.25, 0.3) is 0 Å². The van der Waals surface area contributed by atoms with E-state index in [1.807, 2.05) is 26.8 Å². The summed E-state index contributed by atoms with van der Waals surface area (Å²) in [7, 11) is 0. The van der Waals surface area contributed by atoms with Crippen molar-refractivity contribution < 1.29 is 19.1 Å². The highest BCUT2D eigenvalue weighted by Crippen LogP contribution is 2.24. The highest BCUT2D eigenvalue weighted by molar-refractivity contribution is 6.00. The summed E-state index contributed by atoms with van der Waals surface area (Å²) in [5.41, 5.74) is 1.97. The van der Waals surface area contributed by atoms with Crippen LogP contribution in [0, 0.1) is 0 Å². The number of aryl methyl sites for hydroxylation is 1. The molecule has 0 unspecified atom stereocenters. The average Bonchev–Trinajstić information content (AvgIpc) is 2.60. The zero-order valence-corrected chi connectivity index (χ0v) is 16.2. The lowest BCUT2D eigenvalue weighted by Crippen LogP contribution is -2.51. The molecule has 1 fully saturated rings. The van der Waals surface area contributed by atoms with Gasteiger partial charge in [-0.2, -0.15) is 0 Å². The molecule has 0 radical (unpaired) electrons. The molecular formula is C20H27N3O4. The SMILES string of the molecule is CC(C)(C)OC(=O)N1CCN(CC(=O)c2ccc3c(c2)CCC(=O)N3)CC1. The van der Waals surface area contributed by atoms with E-state index in [9.17, 15) is 14.4 Å². The molecule has 27 heavy (non-hydrogen) atoms. The number of nitrogens with zero attached hydrogens (tertiary/aromatic N) is 2. The van der Waals surface area contributed by atoms with Crippen LogP contribution in [0.4, 0.5) is 10.5 Å². The molecule has 2 heterocycles. The molecule has 0 aromatic heterocycles. The Morgan fingerprint density at radius 3 is 2.48 bits per heavy atom. The van der Waals surface area contributed by atoms with E-state index < -0.39 is 5.60 Å². The topological polar surface area (TPSA) is 79.0 Å². The first-order valence-electron chi connectivity index (χ1n) is 9.37. The number of carbonyl (C=O) groups excluding carboxylic acids is 3. The molecule has 0 bridgehead atoms. The fourth-order valence-corrected chi connectivity index (χ4v) is 3.27. The van der Waals surface area contributed by atoms with Crippen LogP contribution < -0.4 is 5.32 Å². The molecule has 7 nitrogen and oxygen atoms in total. The van der Waals surface area contributed by atoms with Gasteiger partial charge in [0.15, 0.2) is 5.78 Å². The number of ketones is 1. The average molecular weight is 373 g/mol. The van der Waals surface area contributed by atoms with Crippen molar-refractivity contribution in [2.24, 2.45) is 0 Å². The number of piperazine rings is 1. The molecule has 7 heteroatoms. The van der Waals surface area contributed by atoms with Crippen molar-refractivity contribution in [3.63, 3.8) is 0 Å². The normalized spacial score (nSPS) is 17.9. The standard InChI is InChI=1S/C20H27N3O4/c1-20(2,3)27-19(26)23-10-8-22(9-11-23)13-17(24)15-4-6-16-14(12-15)5-7-18(25)21-16/h4,6,12H,5,7-11,13H2,1-3H3,(H,21,25). The van der Waals surface area contributed by atoms with E-state index in [4.69, 9.17) is 4.74 Å². The Morgan fingerprint density at radius 2 is 1.81 bits per heavy atom. The summed E-state index contributed by atoms with van der Waals surface area (Å²) in [5.74, 6) is 0.0739. The molecule has 0 saturated carbocycles. The van der Waals surface area contributed by atoms with E-state index in [-0.39, 0.29) is 17.8 Å². The Balaban J connectivity index is 1.53. The van der Waals surface area contributed by atoms with Gasteiger partial charge in [-0.1, -0.05) is 0 Å². The number of carbonyl (C=O) groups is 3. The molecule has 1 aromatic carbocycles. The summed E-state index contributed by atoms with van der Waals surface area (Å²) in [6.45, 7) is 8.28. The van der Waals surface area contributed by atoms with E-state index in [2.05, 4.69) is 10.2 Å². The van der Waals surface area contributed by atoms with Gasteiger partial charge in [-0.3, -0.25) is 14.5 Å². The Hall–Kier alpha value is -2.41. The molecule has 1 saturated heterocycles. The van der Waals surface area contributed by atoms with Crippen molar-refractivity contribution >= 4 is 23.5 Å². The summed E-state index contributed by atoms with van der Waals surface area (Å²) in [6, 6.07) is 5.46. The van der Waals surface area contributed by atoms with Gasteiger partial charge < -0.3 is 15.0 Å². The molecule has 2 aliphatic rings. The Morgan fingerprint density at radius 1 is 1.11 bits per heavy atom. The van der Waals surface area contributed by atoms with Crippen LogP contribution in [0.15, 0.2) is 18.2 Å². The van der Waals surface area contributed by atoms with Gasteiger partial charge >= 0.3 is 6.09 Å². The van der Waals surface area contributed by atoms with Crippen molar-refractivity contribution in [2.45, 2.75) is 39.2 Å². The first-order valence-corrected chi connectivity index (χ1v) is 9.37. The van der Waals surface area contributed by atoms with Crippen LogP contribution >= 0.6 is 0 Å². The molecule has 146 valence electrons. The van der Waals surface area contributed by atoms with Gasteiger partial charge in [-0.15, -0.1) is 0 Å². The van der Waals surface area contributed by atoms with Crippen LogP contribution in [0.2, 0.25) is 0 Å². The third kappa shape index (κ3) is 5.07. The quantitative estimate of drug-likeness (QED) is 0.823. The minimum absolute atomic E-state index is 0.0180. The Bertz CT molecular complexity index is 746. The highest BCUT2D eigenvalue weighted by atomic mass is 16.6. The zero-order valence-electron chi connectivity index (χ0n) is 16.2. The van der Waals surface area contributed by atoms with Gasteiger partial charge in [0.2, 0.25) is 5.91 Å². The first-order chi connectivity index (χ1) is 12.7. The van der Waals surface area contributed by atoms with E-state index in [1.54, 1.807) is 17.0 Å². The smallest absolute Gasteiger partial charge is 0.410 e. The van der Waals surface area contributed by atoms with Gasteiger partial charge in [-0.05, 0) is 51.0 Å². The number of hydrogen-bond donors (Lipinski definition) is 1. The van der Waals surface area contributed by atoms with Crippen LogP contribution in [-0.2, 0) is 16.0 Å². The van der Waals surface area contributed by atoms with Crippen molar-refractivity contribution in [3.05, 3.63) is 29.3 Å². The zero-order chi connectivity index (χ0) is 19.6. The minimum Gasteiger partial charge on any atom is -0.444 e. The van der Waals surface area contributed by atoms with Crippen LogP contribution in [0.5, 0.6) is 0 Å². The predicted molar refractivity (Wildman–Crippen MR) is 102 cm³/mol. The van der Waals surface area contributed by atoms with Crippen LogP contribution in [0.1, 0.15) is 43.1 Å². The van der Waals surface area contributed by atoms with Crippen molar-refractivity contribution in [1.82, 2.24) is 9.80 Å². The maximum atomic E-state index is 12.6.